The zero-order valence-corrected chi connectivity index (χ0v) is 9.66. The van der Waals surface area contributed by atoms with E-state index in [1.54, 1.807) is 30.3 Å². The van der Waals surface area contributed by atoms with Crippen molar-refractivity contribution in [3.05, 3.63) is 48.3 Å². The quantitative estimate of drug-likeness (QED) is 0.826. The second kappa shape index (κ2) is 5.62. The van der Waals surface area contributed by atoms with Gasteiger partial charge in [0.05, 0.1) is 12.7 Å². The molecule has 92 valence electrons. The Kier molecular flexibility index (Phi) is 3.70. The van der Waals surface area contributed by atoms with E-state index in [2.05, 4.69) is 15.4 Å². The highest BCUT2D eigenvalue weighted by Gasteiger charge is 2.08. The maximum Gasteiger partial charge on any atom is 0.363 e. The van der Waals surface area contributed by atoms with Gasteiger partial charge in [0.2, 0.25) is 0 Å². The number of nitrogens with one attached hydrogen (secondary N) is 1. The van der Waals surface area contributed by atoms with Crippen molar-refractivity contribution in [2.75, 3.05) is 12.6 Å². The third kappa shape index (κ3) is 2.94. The minimum atomic E-state index is -0.540. The largest absolute Gasteiger partial charge is 0.497 e. The summed E-state index contributed by atoms with van der Waals surface area (Å²) in [5.74, 6) is 0.260. The van der Waals surface area contributed by atoms with Gasteiger partial charge in [-0.25, -0.2) is 14.8 Å². The summed E-state index contributed by atoms with van der Waals surface area (Å²) < 4.78 is 5.01. The van der Waals surface area contributed by atoms with Crippen LogP contribution in [0.15, 0.2) is 42.7 Å². The first-order chi connectivity index (χ1) is 8.79. The highest BCUT2D eigenvalue weighted by Crippen LogP contribution is 2.13. The molecule has 0 aliphatic rings. The summed E-state index contributed by atoms with van der Waals surface area (Å²) in [7, 11) is 1.53. The van der Waals surface area contributed by atoms with Crippen LogP contribution in [-0.2, 0) is 4.84 Å². The fraction of sp³-hybridized carbons (Fsp3) is 0.0833. The Morgan fingerprint density at radius 3 is 2.72 bits per heavy atom. The number of hydrogen-bond donors (Lipinski definition) is 1. The zero-order chi connectivity index (χ0) is 12.8. The molecule has 0 atom stereocenters. The van der Waals surface area contributed by atoms with Gasteiger partial charge in [0.25, 0.3) is 5.95 Å². The van der Waals surface area contributed by atoms with Gasteiger partial charge in [0.1, 0.15) is 5.75 Å². The molecule has 18 heavy (non-hydrogen) atoms. The molecule has 1 N–H and O–H groups in total. The Hall–Kier alpha value is -2.63. The number of hydrogen-bond acceptors (Lipinski definition) is 6. The average molecular weight is 245 g/mol. The van der Waals surface area contributed by atoms with E-state index in [0.717, 1.165) is 0 Å². The predicted molar refractivity (Wildman–Crippen MR) is 64.1 cm³/mol. The molecule has 1 aromatic carbocycles. The van der Waals surface area contributed by atoms with Crippen molar-refractivity contribution in [1.29, 1.82) is 0 Å². The van der Waals surface area contributed by atoms with Gasteiger partial charge in [-0.1, -0.05) is 6.07 Å². The molecule has 0 unspecified atom stereocenters. The molecule has 0 saturated carbocycles. The standard InChI is InChI=1S/C12H11N3O3/c1-17-10-5-2-4-9(8-10)11(16)18-15-12-13-6-3-7-14-12/h2-8H,1H3,(H,13,14,15). The van der Waals surface area contributed by atoms with E-state index < -0.39 is 5.97 Å². The van der Waals surface area contributed by atoms with E-state index in [9.17, 15) is 4.79 Å². The van der Waals surface area contributed by atoms with E-state index in [1.807, 2.05) is 0 Å². The number of aromatic nitrogens is 2. The molecule has 0 bridgehead atoms. The average Bonchev–Trinajstić information content (AvgIpc) is 2.46. The topological polar surface area (TPSA) is 73.3 Å². The Morgan fingerprint density at radius 1 is 1.22 bits per heavy atom. The first-order valence-electron chi connectivity index (χ1n) is 5.18. The van der Waals surface area contributed by atoms with Crippen molar-refractivity contribution in [2.45, 2.75) is 0 Å². The molecule has 0 amide bonds. The molecule has 0 spiro atoms. The van der Waals surface area contributed by atoms with Crippen LogP contribution in [-0.4, -0.2) is 23.0 Å². The fourth-order valence-corrected chi connectivity index (χ4v) is 1.25. The molecule has 0 fully saturated rings. The van der Waals surface area contributed by atoms with Crippen molar-refractivity contribution in [3.63, 3.8) is 0 Å². The van der Waals surface area contributed by atoms with E-state index in [4.69, 9.17) is 9.57 Å². The normalized spacial score (nSPS) is 9.61. The first-order valence-corrected chi connectivity index (χ1v) is 5.18. The third-order valence-electron chi connectivity index (χ3n) is 2.11. The van der Waals surface area contributed by atoms with Crippen LogP contribution in [0.25, 0.3) is 0 Å². The highest BCUT2D eigenvalue weighted by atomic mass is 16.7. The van der Waals surface area contributed by atoms with Gasteiger partial charge >= 0.3 is 5.97 Å². The first kappa shape index (κ1) is 11.8. The molecule has 6 nitrogen and oxygen atoms in total. The summed E-state index contributed by atoms with van der Waals surface area (Å²) in [6.45, 7) is 0. The number of rotatable bonds is 4. The third-order valence-corrected chi connectivity index (χ3v) is 2.11. The van der Waals surface area contributed by atoms with Gasteiger partial charge < -0.3 is 9.57 Å². The van der Waals surface area contributed by atoms with Gasteiger partial charge in [-0.15, -0.1) is 0 Å². The predicted octanol–water partition coefficient (Wildman–Crippen LogP) is 1.67. The molecule has 1 heterocycles. The molecule has 2 rings (SSSR count). The van der Waals surface area contributed by atoms with Crippen LogP contribution in [0.5, 0.6) is 5.75 Å². The lowest BCUT2D eigenvalue weighted by molar-refractivity contribution is 0.0592. The number of ether oxygens (including phenoxy) is 1. The summed E-state index contributed by atoms with van der Waals surface area (Å²) in [6.07, 6.45) is 3.07. The summed E-state index contributed by atoms with van der Waals surface area (Å²) in [5, 5.41) is 0. The molecule has 2 aromatic rings. The molecule has 1 aromatic heterocycles. The monoisotopic (exact) mass is 245 g/mol. The molecular formula is C12H11N3O3. The van der Waals surface area contributed by atoms with Crippen molar-refractivity contribution in [2.24, 2.45) is 0 Å². The Morgan fingerprint density at radius 2 is 2.00 bits per heavy atom. The van der Waals surface area contributed by atoms with Crippen LogP contribution in [0.4, 0.5) is 5.95 Å². The Labute approximate surface area is 104 Å². The smallest absolute Gasteiger partial charge is 0.363 e. The summed E-state index contributed by atoms with van der Waals surface area (Å²) >= 11 is 0. The van der Waals surface area contributed by atoms with Crippen molar-refractivity contribution >= 4 is 11.9 Å². The summed E-state index contributed by atoms with van der Waals surface area (Å²) in [5.41, 5.74) is 2.74. The van der Waals surface area contributed by atoms with Gasteiger partial charge in [0, 0.05) is 12.4 Å². The molecule has 0 aliphatic heterocycles. The lowest BCUT2D eigenvalue weighted by Crippen LogP contribution is -2.12. The van der Waals surface area contributed by atoms with Crippen LogP contribution in [0.2, 0.25) is 0 Å². The maximum atomic E-state index is 11.7. The minimum absolute atomic E-state index is 0.216. The number of carbonyl (C=O) groups excluding carboxylic acids is 1. The van der Waals surface area contributed by atoms with E-state index in [0.29, 0.717) is 11.3 Å². The Bertz CT molecular complexity index is 531. The van der Waals surface area contributed by atoms with Crippen molar-refractivity contribution < 1.29 is 14.4 Å². The number of carbonyl (C=O) groups is 1. The van der Waals surface area contributed by atoms with E-state index in [-0.39, 0.29) is 5.95 Å². The van der Waals surface area contributed by atoms with E-state index in [1.165, 1.54) is 19.5 Å². The SMILES string of the molecule is COc1cccc(C(=O)ONc2ncccn2)c1. The molecule has 6 heteroatoms. The second-order valence-corrected chi connectivity index (χ2v) is 3.30. The number of anilines is 1. The molecule has 0 radical (unpaired) electrons. The fourth-order valence-electron chi connectivity index (χ4n) is 1.25. The van der Waals surface area contributed by atoms with Gasteiger partial charge in [-0.3, -0.25) is 0 Å². The van der Waals surface area contributed by atoms with Crippen LogP contribution >= 0.6 is 0 Å². The Balaban J connectivity index is 1.99. The highest BCUT2D eigenvalue weighted by molar-refractivity contribution is 5.90. The second-order valence-electron chi connectivity index (χ2n) is 3.30. The molecular weight excluding hydrogens is 234 g/mol. The molecule has 0 aliphatic carbocycles. The zero-order valence-electron chi connectivity index (χ0n) is 9.66. The van der Waals surface area contributed by atoms with Crippen LogP contribution in [0, 0.1) is 0 Å². The number of benzene rings is 1. The van der Waals surface area contributed by atoms with Gasteiger partial charge in [-0.2, -0.15) is 5.48 Å². The lowest BCUT2D eigenvalue weighted by atomic mass is 10.2. The summed E-state index contributed by atoms with van der Waals surface area (Å²) in [4.78, 5) is 24.2. The maximum absolute atomic E-state index is 11.7. The van der Waals surface area contributed by atoms with Gasteiger partial charge in [0.15, 0.2) is 0 Å². The van der Waals surface area contributed by atoms with Gasteiger partial charge in [-0.05, 0) is 24.3 Å². The van der Waals surface area contributed by atoms with Crippen molar-refractivity contribution in [3.8, 4) is 5.75 Å². The minimum Gasteiger partial charge on any atom is -0.497 e. The summed E-state index contributed by atoms with van der Waals surface area (Å²) in [6, 6.07) is 8.31. The van der Waals surface area contributed by atoms with Crippen molar-refractivity contribution in [1.82, 2.24) is 9.97 Å². The van der Waals surface area contributed by atoms with Crippen LogP contribution in [0.3, 0.4) is 0 Å². The van der Waals surface area contributed by atoms with E-state index >= 15 is 0 Å². The lowest BCUT2D eigenvalue weighted by Gasteiger charge is -2.05. The van der Waals surface area contributed by atoms with Crippen LogP contribution in [0.1, 0.15) is 10.4 Å². The van der Waals surface area contributed by atoms with Crippen LogP contribution < -0.4 is 10.2 Å². The number of nitrogens with zero attached hydrogens (tertiary/aromatic N) is 2. The molecule has 0 saturated heterocycles. The number of methoxy groups -OCH3 is 1.